The highest BCUT2D eigenvalue weighted by molar-refractivity contribution is 6.26. The molecule has 2 unspecified atom stereocenters. The van der Waals surface area contributed by atoms with Crippen LogP contribution in [-0.4, -0.2) is 23.2 Å². The number of hydrogen-bond acceptors (Lipinski definition) is 3. The summed E-state index contributed by atoms with van der Waals surface area (Å²) in [7, 11) is 0. The Kier molecular flexibility index (Phi) is 3.69. The molecule has 0 spiro atoms. The molecule has 0 aliphatic heterocycles. The van der Waals surface area contributed by atoms with E-state index in [1.165, 1.54) is 6.08 Å². The van der Waals surface area contributed by atoms with Gasteiger partial charge in [-0.15, -0.1) is 18.2 Å². The summed E-state index contributed by atoms with van der Waals surface area (Å²) in [5, 5.41) is 0. The fourth-order valence-corrected chi connectivity index (χ4v) is 1.71. The number of rotatable bonds is 4. The van der Waals surface area contributed by atoms with Crippen LogP contribution in [0.5, 0.6) is 0 Å². The van der Waals surface area contributed by atoms with Gasteiger partial charge in [-0.3, -0.25) is 9.59 Å². The van der Waals surface area contributed by atoms with E-state index in [0.717, 1.165) is 0 Å². The van der Waals surface area contributed by atoms with Crippen molar-refractivity contribution in [3.63, 3.8) is 0 Å². The van der Waals surface area contributed by atoms with Crippen LogP contribution in [0.15, 0.2) is 24.8 Å². The maximum absolute atomic E-state index is 11.5. The summed E-state index contributed by atoms with van der Waals surface area (Å²) in [6.07, 6.45) is 5.17. The SMILES string of the molecule is C=CCC1C(=O)C=CC1(C)OC(=O)CCl. The Hall–Kier alpha value is -1.09. The molecule has 0 aromatic rings. The average molecular weight is 229 g/mol. The standard InChI is InChI=1S/C11H13ClO3/c1-3-4-8-9(13)5-6-11(8,2)15-10(14)7-12/h3,5-6,8H,1,4,7H2,2H3. The first-order valence-corrected chi connectivity index (χ1v) is 5.18. The molecule has 1 aliphatic rings. The third-order valence-corrected chi connectivity index (χ3v) is 2.68. The normalized spacial score (nSPS) is 29.2. The molecule has 0 heterocycles. The van der Waals surface area contributed by atoms with Crippen LogP contribution < -0.4 is 0 Å². The Bertz CT molecular complexity index is 322. The molecule has 1 aliphatic carbocycles. The summed E-state index contributed by atoms with van der Waals surface area (Å²) in [6, 6.07) is 0. The topological polar surface area (TPSA) is 43.4 Å². The van der Waals surface area contributed by atoms with Gasteiger partial charge in [0, 0.05) is 0 Å². The Labute approximate surface area is 93.7 Å². The Morgan fingerprint density at radius 3 is 3.00 bits per heavy atom. The van der Waals surface area contributed by atoms with E-state index in [0.29, 0.717) is 6.42 Å². The average Bonchev–Trinajstić information content (AvgIpc) is 2.46. The fraction of sp³-hybridized carbons (Fsp3) is 0.455. The van der Waals surface area contributed by atoms with Gasteiger partial charge in [-0.2, -0.15) is 0 Å². The van der Waals surface area contributed by atoms with E-state index in [2.05, 4.69) is 6.58 Å². The summed E-state index contributed by atoms with van der Waals surface area (Å²) in [5.74, 6) is -1.15. The highest BCUT2D eigenvalue weighted by atomic mass is 35.5. The largest absolute Gasteiger partial charge is 0.453 e. The van der Waals surface area contributed by atoms with Gasteiger partial charge < -0.3 is 4.74 Å². The van der Waals surface area contributed by atoms with Gasteiger partial charge >= 0.3 is 5.97 Å². The second-order valence-corrected chi connectivity index (χ2v) is 3.87. The Balaban J connectivity index is 2.81. The number of halogens is 1. The number of hydrogen-bond donors (Lipinski definition) is 0. The van der Waals surface area contributed by atoms with Crippen LogP contribution in [0.25, 0.3) is 0 Å². The number of esters is 1. The first kappa shape index (κ1) is 12.0. The molecule has 0 aromatic heterocycles. The van der Waals surface area contributed by atoms with Crippen LogP contribution in [0.3, 0.4) is 0 Å². The first-order valence-electron chi connectivity index (χ1n) is 4.65. The van der Waals surface area contributed by atoms with Crippen LogP contribution >= 0.6 is 11.6 Å². The molecule has 0 radical (unpaired) electrons. The molecule has 15 heavy (non-hydrogen) atoms. The second kappa shape index (κ2) is 4.62. The Morgan fingerprint density at radius 2 is 2.47 bits per heavy atom. The van der Waals surface area contributed by atoms with E-state index < -0.39 is 11.6 Å². The van der Waals surface area contributed by atoms with E-state index in [1.54, 1.807) is 19.1 Å². The molecular formula is C11H13ClO3. The summed E-state index contributed by atoms with van der Waals surface area (Å²) in [6.45, 7) is 5.28. The summed E-state index contributed by atoms with van der Waals surface area (Å²) in [4.78, 5) is 22.6. The molecule has 0 saturated heterocycles. The van der Waals surface area contributed by atoms with Gasteiger partial charge in [0.2, 0.25) is 0 Å². The zero-order valence-corrected chi connectivity index (χ0v) is 9.29. The lowest BCUT2D eigenvalue weighted by molar-refractivity contribution is -0.155. The quantitative estimate of drug-likeness (QED) is 0.419. The van der Waals surface area contributed by atoms with Crippen molar-refractivity contribution < 1.29 is 14.3 Å². The van der Waals surface area contributed by atoms with Gasteiger partial charge in [0.05, 0.1) is 5.92 Å². The van der Waals surface area contributed by atoms with Gasteiger partial charge in [-0.1, -0.05) is 6.08 Å². The van der Waals surface area contributed by atoms with Crippen LogP contribution in [0, 0.1) is 5.92 Å². The Morgan fingerprint density at radius 1 is 1.80 bits per heavy atom. The fourth-order valence-electron chi connectivity index (χ4n) is 1.66. The summed E-state index contributed by atoms with van der Waals surface area (Å²) >= 11 is 5.35. The van der Waals surface area contributed by atoms with Crippen LogP contribution in [0.4, 0.5) is 0 Å². The van der Waals surface area contributed by atoms with Gasteiger partial charge in [-0.25, -0.2) is 0 Å². The molecule has 1 rings (SSSR count). The van der Waals surface area contributed by atoms with Crippen molar-refractivity contribution in [2.45, 2.75) is 18.9 Å². The van der Waals surface area contributed by atoms with E-state index in [1.807, 2.05) is 0 Å². The highest BCUT2D eigenvalue weighted by Crippen LogP contribution is 2.33. The van der Waals surface area contributed by atoms with E-state index >= 15 is 0 Å². The molecular weight excluding hydrogens is 216 g/mol. The van der Waals surface area contributed by atoms with Crippen LogP contribution in [0.2, 0.25) is 0 Å². The minimum atomic E-state index is -0.878. The molecule has 3 nitrogen and oxygen atoms in total. The van der Waals surface area contributed by atoms with Crippen molar-refractivity contribution in [3.05, 3.63) is 24.8 Å². The highest BCUT2D eigenvalue weighted by Gasteiger charge is 2.42. The van der Waals surface area contributed by atoms with E-state index in [9.17, 15) is 9.59 Å². The van der Waals surface area contributed by atoms with Crippen molar-refractivity contribution >= 4 is 23.4 Å². The first-order chi connectivity index (χ1) is 7.03. The monoisotopic (exact) mass is 228 g/mol. The van der Waals surface area contributed by atoms with E-state index in [-0.39, 0.29) is 17.6 Å². The number of allylic oxidation sites excluding steroid dienone is 2. The molecule has 0 fully saturated rings. The molecule has 0 bridgehead atoms. The van der Waals surface area contributed by atoms with Gasteiger partial charge in [0.25, 0.3) is 0 Å². The minimum absolute atomic E-state index is 0.0419. The molecule has 82 valence electrons. The lowest BCUT2D eigenvalue weighted by Gasteiger charge is -2.28. The number of ether oxygens (including phenoxy) is 1. The van der Waals surface area contributed by atoms with Crippen molar-refractivity contribution in [2.24, 2.45) is 5.92 Å². The predicted molar refractivity (Wildman–Crippen MR) is 57.7 cm³/mol. The van der Waals surface area contributed by atoms with Crippen molar-refractivity contribution in [3.8, 4) is 0 Å². The van der Waals surface area contributed by atoms with Crippen molar-refractivity contribution in [1.29, 1.82) is 0 Å². The second-order valence-electron chi connectivity index (χ2n) is 3.60. The number of ketones is 1. The number of carbonyl (C=O) groups is 2. The van der Waals surface area contributed by atoms with Gasteiger partial charge in [-0.05, 0) is 25.5 Å². The van der Waals surface area contributed by atoms with Gasteiger partial charge in [0.15, 0.2) is 5.78 Å². The third-order valence-electron chi connectivity index (χ3n) is 2.46. The summed E-state index contributed by atoms with van der Waals surface area (Å²) in [5.41, 5.74) is -0.878. The lowest BCUT2D eigenvalue weighted by Crippen LogP contribution is -2.38. The molecule has 0 amide bonds. The lowest BCUT2D eigenvalue weighted by atomic mass is 9.88. The molecule has 2 atom stereocenters. The maximum Gasteiger partial charge on any atom is 0.321 e. The summed E-state index contributed by atoms with van der Waals surface area (Å²) < 4.78 is 5.16. The van der Waals surface area contributed by atoms with Crippen molar-refractivity contribution in [1.82, 2.24) is 0 Å². The minimum Gasteiger partial charge on any atom is -0.453 e. The molecule has 4 heteroatoms. The molecule has 0 aromatic carbocycles. The smallest absolute Gasteiger partial charge is 0.321 e. The molecule has 0 saturated carbocycles. The predicted octanol–water partition coefficient (Wildman–Crippen LogP) is 1.86. The van der Waals surface area contributed by atoms with Crippen LogP contribution in [0.1, 0.15) is 13.3 Å². The molecule has 0 N–H and O–H groups in total. The third kappa shape index (κ3) is 2.48. The zero-order valence-electron chi connectivity index (χ0n) is 8.53. The van der Waals surface area contributed by atoms with Crippen LogP contribution in [-0.2, 0) is 14.3 Å². The number of carbonyl (C=O) groups excluding carboxylic acids is 2. The zero-order chi connectivity index (χ0) is 11.5. The van der Waals surface area contributed by atoms with E-state index in [4.69, 9.17) is 16.3 Å². The van der Waals surface area contributed by atoms with Gasteiger partial charge in [0.1, 0.15) is 11.5 Å². The maximum atomic E-state index is 11.5. The number of alkyl halides is 1. The van der Waals surface area contributed by atoms with Crippen molar-refractivity contribution in [2.75, 3.05) is 5.88 Å².